The topological polar surface area (TPSA) is 96.6 Å². The molecule has 2 aromatic carbocycles. The van der Waals surface area contributed by atoms with Crippen molar-refractivity contribution in [1.29, 1.82) is 5.41 Å². The maximum Gasteiger partial charge on any atom is 0.441 e. The van der Waals surface area contributed by atoms with Crippen LogP contribution in [0.1, 0.15) is 37.3 Å². The minimum atomic E-state index is -4.70. The molecule has 0 bridgehead atoms. The van der Waals surface area contributed by atoms with Crippen molar-refractivity contribution in [1.82, 2.24) is 5.01 Å². The predicted octanol–water partition coefficient (Wildman–Crippen LogP) is 5.85. The molecule has 2 aromatic rings. The van der Waals surface area contributed by atoms with Crippen molar-refractivity contribution < 1.29 is 32.2 Å². The van der Waals surface area contributed by atoms with Gasteiger partial charge < -0.3 is 14.2 Å². The number of thioether (sulfide) groups is 1. The van der Waals surface area contributed by atoms with E-state index in [2.05, 4.69) is 23.9 Å². The normalized spacial score (nSPS) is 17.2. The van der Waals surface area contributed by atoms with E-state index in [0.29, 0.717) is 34.6 Å². The van der Waals surface area contributed by atoms with Crippen LogP contribution in [-0.2, 0) is 4.79 Å². The van der Waals surface area contributed by atoms with E-state index < -0.39 is 23.0 Å². The predicted molar refractivity (Wildman–Crippen MR) is 140 cm³/mol. The Morgan fingerprint density at radius 2 is 1.82 bits per heavy atom. The number of nitrogens with zero attached hydrogens (tertiary/aromatic N) is 3. The number of methoxy groups -OCH3 is 1. The first-order valence-corrected chi connectivity index (χ1v) is 12.5. The molecule has 0 radical (unpaired) electrons. The highest BCUT2D eigenvalue weighted by atomic mass is 32.2. The number of aliphatic imine (C=N–C) groups is 1. The van der Waals surface area contributed by atoms with E-state index in [1.54, 1.807) is 18.2 Å². The van der Waals surface area contributed by atoms with Crippen LogP contribution in [0.15, 0.2) is 58.1 Å². The lowest BCUT2D eigenvalue weighted by Gasteiger charge is -2.20. The second-order valence-corrected chi connectivity index (χ2v) is 9.36. The Morgan fingerprint density at radius 3 is 2.47 bits per heavy atom. The fourth-order valence-corrected chi connectivity index (χ4v) is 4.36. The monoisotopic (exact) mass is 546 g/mol. The number of carbonyl (C=O) groups is 1. The highest BCUT2D eigenvalue weighted by Crippen LogP contribution is 2.36. The average molecular weight is 547 g/mol. The van der Waals surface area contributed by atoms with Crippen molar-refractivity contribution in [2.75, 3.05) is 20.3 Å². The van der Waals surface area contributed by atoms with Crippen molar-refractivity contribution in [2.24, 2.45) is 10.1 Å². The van der Waals surface area contributed by atoms with Crippen LogP contribution in [0.2, 0.25) is 0 Å². The number of fused-ring (bicyclic) bond motifs is 1. The summed E-state index contributed by atoms with van der Waals surface area (Å²) < 4.78 is 55.9. The van der Waals surface area contributed by atoms with Gasteiger partial charge in [0.05, 0.1) is 12.7 Å². The second kappa shape index (κ2) is 11.3. The van der Waals surface area contributed by atoms with Gasteiger partial charge in [-0.2, -0.15) is 28.3 Å². The van der Waals surface area contributed by atoms with Gasteiger partial charge in [0.25, 0.3) is 5.91 Å². The molecule has 2 aliphatic heterocycles. The molecule has 8 nitrogen and oxygen atoms in total. The number of alkyl halides is 3. The number of hydrogen-bond donors (Lipinski definition) is 1. The molecule has 12 heteroatoms. The lowest BCUT2D eigenvalue weighted by Crippen LogP contribution is -2.35. The third-order valence-electron chi connectivity index (χ3n) is 5.87. The number of halogens is 3. The molecule has 4 rings (SSSR count). The molecule has 1 amide bonds. The summed E-state index contributed by atoms with van der Waals surface area (Å²) in [6.45, 7) is 4.87. The Bertz CT molecular complexity index is 1320. The van der Waals surface area contributed by atoms with Crippen molar-refractivity contribution in [2.45, 2.75) is 32.4 Å². The molecule has 38 heavy (non-hydrogen) atoms. The molecule has 1 unspecified atom stereocenters. The number of amides is 1. The molecule has 0 aromatic heterocycles. The van der Waals surface area contributed by atoms with Crippen LogP contribution in [0.4, 0.5) is 13.2 Å². The SMILES string of the molecule is CCC(C)c1ccc(OCCOc2ccc(/C=C3\C(=N)N4N=C(C(F)(F)F)SC4=NC3=O)cc2OC)cc1. The summed E-state index contributed by atoms with van der Waals surface area (Å²) in [5, 5.41) is 10.8. The van der Waals surface area contributed by atoms with Gasteiger partial charge in [-0.1, -0.05) is 32.0 Å². The Labute approximate surface area is 221 Å². The van der Waals surface area contributed by atoms with E-state index in [1.807, 2.05) is 24.3 Å². The summed E-state index contributed by atoms with van der Waals surface area (Å²) in [6.07, 6.45) is -2.30. The maximum atomic E-state index is 13.0. The van der Waals surface area contributed by atoms with Crippen LogP contribution in [0.3, 0.4) is 0 Å². The summed E-state index contributed by atoms with van der Waals surface area (Å²) in [6, 6.07) is 12.8. The quantitative estimate of drug-likeness (QED) is 0.313. The van der Waals surface area contributed by atoms with Gasteiger partial charge in [-0.3, -0.25) is 10.2 Å². The third kappa shape index (κ3) is 6.01. The van der Waals surface area contributed by atoms with Crippen LogP contribution in [0.5, 0.6) is 17.2 Å². The number of hydrazone groups is 1. The highest BCUT2D eigenvalue weighted by molar-refractivity contribution is 8.27. The first kappa shape index (κ1) is 27.2. The summed E-state index contributed by atoms with van der Waals surface area (Å²) in [4.78, 5) is 16.1. The van der Waals surface area contributed by atoms with Gasteiger partial charge in [0.1, 0.15) is 19.0 Å². The first-order valence-electron chi connectivity index (χ1n) is 11.7. The number of amidine groups is 2. The maximum absolute atomic E-state index is 13.0. The van der Waals surface area contributed by atoms with Gasteiger partial charge in [0.2, 0.25) is 10.2 Å². The highest BCUT2D eigenvalue weighted by Gasteiger charge is 2.46. The third-order valence-corrected chi connectivity index (χ3v) is 6.82. The van der Waals surface area contributed by atoms with Crippen LogP contribution in [0.25, 0.3) is 6.08 Å². The molecule has 0 spiro atoms. The van der Waals surface area contributed by atoms with E-state index in [4.69, 9.17) is 19.6 Å². The van der Waals surface area contributed by atoms with E-state index in [9.17, 15) is 18.0 Å². The molecule has 200 valence electrons. The van der Waals surface area contributed by atoms with Gasteiger partial charge in [-0.25, -0.2) is 0 Å². The van der Waals surface area contributed by atoms with E-state index in [-0.39, 0.29) is 29.1 Å². The summed E-state index contributed by atoms with van der Waals surface area (Å²) in [5.41, 5.74) is 1.52. The molecular weight excluding hydrogens is 521 g/mol. The Balaban J connectivity index is 1.40. The lowest BCUT2D eigenvalue weighted by atomic mass is 9.99. The zero-order chi connectivity index (χ0) is 27.4. The van der Waals surface area contributed by atoms with Gasteiger partial charge >= 0.3 is 6.18 Å². The number of carbonyl (C=O) groups excluding carboxylic acids is 1. The molecule has 0 saturated heterocycles. The van der Waals surface area contributed by atoms with Gasteiger partial charge in [0, 0.05) is 0 Å². The van der Waals surface area contributed by atoms with Crippen molar-refractivity contribution >= 4 is 39.8 Å². The Kier molecular flexibility index (Phi) is 8.10. The lowest BCUT2D eigenvalue weighted by molar-refractivity contribution is -0.114. The molecule has 0 fully saturated rings. The molecule has 1 atom stereocenters. The molecule has 1 N–H and O–H groups in total. The van der Waals surface area contributed by atoms with E-state index in [0.717, 1.165) is 12.2 Å². The summed E-state index contributed by atoms with van der Waals surface area (Å²) in [5.74, 6) is 0.696. The average Bonchev–Trinajstić information content (AvgIpc) is 3.34. The minimum Gasteiger partial charge on any atom is -0.493 e. The number of benzene rings is 2. The van der Waals surface area contributed by atoms with Gasteiger partial charge in [0.15, 0.2) is 17.3 Å². The standard InChI is InChI=1S/C26H25F3N4O4S/c1-4-15(2)17-6-8-18(9-7-17)36-11-12-37-20-10-5-16(14-21(20)35-3)13-19-22(30)33-25(31-23(19)34)38-24(32-33)26(27,28)29/h5-10,13-15,30H,4,11-12H2,1-3H3/b19-13+,30-22?. The molecule has 0 saturated carbocycles. The summed E-state index contributed by atoms with van der Waals surface area (Å²) >= 11 is 0.201. The molecule has 0 aliphatic carbocycles. The minimum absolute atomic E-state index is 0.201. The largest absolute Gasteiger partial charge is 0.493 e. The first-order chi connectivity index (χ1) is 18.1. The number of hydrogen-bond acceptors (Lipinski definition) is 7. The van der Waals surface area contributed by atoms with Crippen molar-refractivity contribution in [3.8, 4) is 17.2 Å². The number of nitrogens with one attached hydrogen (secondary N) is 1. The fraction of sp³-hybridized carbons (Fsp3) is 0.308. The van der Waals surface area contributed by atoms with Crippen molar-refractivity contribution in [3.05, 3.63) is 59.2 Å². The zero-order valence-electron chi connectivity index (χ0n) is 20.8. The van der Waals surface area contributed by atoms with Gasteiger partial charge in [-0.15, -0.1) is 0 Å². The van der Waals surface area contributed by atoms with Crippen molar-refractivity contribution in [3.63, 3.8) is 0 Å². The Hall–Kier alpha value is -3.80. The van der Waals surface area contributed by atoms with Gasteiger partial charge in [-0.05, 0) is 65.6 Å². The fourth-order valence-electron chi connectivity index (χ4n) is 3.61. The summed E-state index contributed by atoms with van der Waals surface area (Å²) in [7, 11) is 1.45. The molecule has 2 aliphatic rings. The number of ether oxygens (including phenoxy) is 3. The Morgan fingerprint density at radius 1 is 1.11 bits per heavy atom. The second-order valence-electron chi connectivity index (χ2n) is 8.41. The van der Waals surface area contributed by atoms with Crippen LogP contribution in [-0.4, -0.2) is 53.5 Å². The zero-order valence-corrected chi connectivity index (χ0v) is 21.7. The van der Waals surface area contributed by atoms with E-state index >= 15 is 0 Å². The van der Waals surface area contributed by atoms with Crippen LogP contribution in [0, 0.1) is 5.41 Å². The molecule has 2 heterocycles. The molecular formula is C26H25F3N4O4S. The number of rotatable bonds is 9. The van der Waals surface area contributed by atoms with Crippen LogP contribution < -0.4 is 14.2 Å². The smallest absolute Gasteiger partial charge is 0.441 e. The van der Waals surface area contributed by atoms with Crippen LogP contribution >= 0.6 is 11.8 Å². The van der Waals surface area contributed by atoms with E-state index in [1.165, 1.54) is 18.7 Å².